The van der Waals surface area contributed by atoms with Gasteiger partial charge in [-0.25, -0.2) is 4.39 Å². The first kappa shape index (κ1) is 12.5. The monoisotopic (exact) mass is 257 g/mol. The second kappa shape index (κ2) is 5.14. The number of aromatic nitrogens is 1. The molecule has 19 heavy (non-hydrogen) atoms. The fourth-order valence-electron chi connectivity index (χ4n) is 1.49. The summed E-state index contributed by atoms with van der Waals surface area (Å²) in [5.41, 5.74) is 0.190. The maximum atomic E-state index is 12.9. The van der Waals surface area contributed by atoms with Gasteiger partial charge in [0, 0.05) is 6.20 Å². The lowest BCUT2D eigenvalue weighted by Gasteiger charge is -2.07. The number of benzene rings is 1. The van der Waals surface area contributed by atoms with Crippen LogP contribution in [-0.2, 0) is 0 Å². The molecule has 0 spiro atoms. The smallest absolute Gasteiger partial charge is 0.259 e. The molecule has 1 amide bonds. The Morgan fingerprint density at radius 1 is 1.42 bits per heavy atom. The van der Waals surface area contributed by atoms with Gasteiger partial charge in [0.25, 0.3) is 5.91 Å². The van der Waals surface area contributed by atoms with E-state index in [9.17, 15) is 14.3 Å². The highest BCUT2D eigenvalue weighted by Gasteiger charge is 2.13. The van der Waals surface area contributed by atoms with Crippen LogP contribution in [0.15, 0.2) is 36.7 Å². The van der Waals surface area contributed by atoms with Crippen molar-refractivity contribution in [1.82, 2.24) is 4.98 Å². The lowest BCUT2D eigenvalue weighted by molar-refractivity contribution is 0.102. The third kappa shape index (κ3) is 2.66. The first-order chi connectivity index (χ1) is 9.11. The fourth-order valence-corrected chi connectivity index (χ4v) is 1.49. The second-order valence-corrected chi connectivity index (χ2v) is 3.65. The molecule has 0 aliphatic rings. The number of hydrogen-bond acceptors (Lipinski definition) is 4. The number of aromatic hydroxyl groups is 1. The van der Waals surface area contributed by atoms with E-state index in [2.05, 4.69) is 10.3 Å². The minimum atomic E-state index is -0.608. The Balaban J connectivity index is 2.30. The van der Waals surface area contributed by atoms with Crippen LogP contribution in [0.3, 0.4) is 0 Å². The number of carbonyl (C=O) groups is 1. The number of amides is 1. The minimum absolute atomic E-state index is 0.00176. The van der Waals surface area contributed by atoms with Crippen LogP contribution in [0.1, 0.15) is 15.9 Å². The van der Waals surface area contributed by atoms with Gasteiger partial charge in [-0.3, -0.25) is 9.78 Å². The van der Waals surface area contributed by atoms with Crippen molar-refractivity contribution in [2.45, 2.75) is 0 Å². The first-order valence-corrected chi connectivity index (χ1v) is 5.26. The molecule has 2 N–H and O–H groups in total. The molecule has 0 bridgehead atoms. The highest BCUT2D eigenvalue weighted by Crippen LogP contribution is 2.19. The van der Waals surface area contributed by atoms with Crippen LogP contribution in [0.25, 0.3) is 0 Å². The van der Waals surface area contributed by atoms with Crippen molar-refractivity contribution < 1.29 is 14.3 Å². The number of anilines is 1. The minimum Gasteiger partial charge on any atom is -0.505 e. The molecule has 1 heterocycles. The number of pyridine rings is 1. The SMILES string of the molecule is N#Cc1cc(F)ccc1NC(=O)c1ccncc1O. The molecule has 0 saturated carbocycles. The summed E-state index contributed by atoms with van der Waals surface area (Å²) in [5, 5.41) is 20.8. The molecule has 0 unspecified atom stereocenters. The maximum Gasteiger partial charge on any atom is 0.259 e. The van der Waals surface area contributed by atoms with E-state index in [0.717, 1.165) is 18.3 Å². The summed E-state index contributed by atoms with van der Waals surface area (Å²) in [5.74, 6) is -1.45. The predicted octanol–water partition coefficient (Wildman–Crippen LogP) is 2.05. The van der Waals surface area contributed by atoms with Crippen LogP contribution < -0.4 is 5.32 Å². The zero-order valence-electron chi connectivity index (χ0n) is 9.59. The molecular formula is C13H8FN3O2. The third-order valence-corrected chi connectivity index (χ3v) is 2.39. The van der Waals surface area contributed by atoms with E-state index in [1.54, 1.807) is 6.07 Å². The van der Waals surface area contributed by atoms with Gasteiger partial charge in [-0.1, -0.05) is 0 Å². The fraction of sp³-hybridized carbons (Fsp3) is 0. The molecule has 1 aromatic carbocycles. The van der Waals surface area contributed by atoms with E-state index in [1.165, 1.54) is 18.3 Å². The molecule has 0 aliphatic carbocycles. The Bertz CT molecular complexity index is 680. The Labute approximate surface area is 108 Å². The average Bonchev–Trinajstić information content (AvgIpc) is 2.41. The Morgan fingerprint density at radius 2 is 2.21 bits per heavy atom. The van der Waals surface area contributed by atoms with Crippen LogP contribution in [-0.4, -0.2) is 16.0 Å². The van der Waals surface area contributed by atoms with E-state index in [1.807, 2.05) is 0 Å². The average molecular weight is 257 g/mol. The van der Waals surface area contributed by atoms with Gasteiger partial charge >= 0.3 is 0 Å². The van der Waals surface area contributed by atoms with Crippen molar-refractivity contribution in [2.24, 2.45) is 0 Å². The summed E-state index contributed by atoms with van der Waals surface area (Å²) in [6.45, 7) is 0. The molecule has 94 valence electrons. The zero-order chi connectivity index (χ0) is 13.8. The van der Waals surface area contributed by atoms with E-state index in [-0.39, 0.29) is 22.6 Å². The largest absolute Gasteiger partial charge is 0.505 e. The van der Waals surface area contributed by atoms with Gasteiger partial charge in [-0.15, -0.1) is 0 Å². The second-order valence-electron chi connectivity index (χ2n) is 3.65. The number of nitrogens with zero attached hydrogens (tertiary/aromatic N) is 2. The number of nitrogens with one attached hydrogen (secondary N) is 1. The van der Waals surface area contributed by atoms with E-state index in [4.69, 9.17) is 5.26 Å². The summed E-state index contributed by atoms with van der Waals surface area (Å²) in [7, 11) is 0. The topological polar surface area (TPSA) is 86.0 Å². The molecule has 5 nitrogen and oxygen atoms in total. The highest BCUT2D eigenvalue weighted by molar-refractivity contribution is 6.06. The number of nitriles is 1. The third-order valence-electron chi connectivity index (χ3n) is 2.39. The summed E-state index contributed by atoms with van der Waals surface area (Å²) >= 11 is 0. The van der Waals surface area contributed by atoms with Crippen molar-refractivity contribution >= 4 is 11.6 Å². The Kier molecular flexibility index (Phi) is 3.39. The molecule has 6 heteroatoms. The lowest BCUT2D eigenvalue weighted by atomic mass is 10.1. The summed E-state index contributed by atoms with van der Waals surface area (Å²) in [6, 6.07) is 6.54. The van der Waals surface area contributed by atoms with Crippen molar-refractivity contribution in [3.63, 3.8) is 0 Å². The molecule has 0 fully saturated rings. The Hall–Kier alpha value is -2.94. The number of rotatable bonds is 2. The molecule has 2 rings (SSSR count). The van der Waals surface area contributed by atoms with Crippen molar-refractivity contribution in [3.05, 3.63) is 53.6 Å². The maximum absolute atomic E-state index is 12.9. The number of halogens is 1. The van der Waals surface area contributed by atoms with Gasteiger partial charge in [0.15, 0.2) is 0 Å². The quantitative estimate of drug-likeness (QED) is 0.862. The molecular weight excluding hydrogens is 249 g/mol. The van der Waals surface area contributed by atoms with Crippen molar-refractivity contribution in [3.8, 4) is 11.8 Å². The van der Waals surface area contributed by atoms with Gasteiger partial charge in [-0.05, 0) is 24.3 Å². The number of carbonyl (C=O) groups excluding carboxylic acids is 1. The van der Waals surface area contributed by atoms with E-state index >= 15 is 0 Å². The normalized spacial score (nSPS) is 9.68. The van der Waals surface area contributed by atoms with Crippen LogP contribution in [0.5, 0.6) is 5.75 Å². The molecule has 1 aromatic heterocycles. The van der Waals surface area contributed by atoms with E-state index < -0.39 is 11.7 Å². The van der Waals surface area contributed by atoms with E-state index in [0.29, 0.717) is 0 Å². The summed E-state index contributed by atoms with van der Waals surface area (Å²) in [6.07, 6.45) is 2.48. The lowest BCUT2D eigenvalue weighted by Crippen LogP contribution is -2.13. The zero-order valence-corrected chi connectivity index (χ0v) is 9.59. The molecule has 0 radical (unpaired) electrons. The standard InChI is InChI=1S/C13H8FN3O2/c14-9-1-2-11(8(5-9)6-15)17-13(19)10-3-4-16-7-12(10)18/h1-5,7,18H,(H,17,19). The van der Waals surface area contributed by atoms with Gasteiger partial charge in [0.2, 0.25) is 0 Å². The summed E-state index contributed by atoms with van der Waals surface area (Å²) in [4.78, 5) is 15.5. The van der Waals surface area contributed by atoms with Crippen LogP contribution in [0.2, 0.25) is 0 Å². The number of hydrogen-bond donors (Lipinski definition) is 2. The highest BCUT2D eigenvalue weighted by atomic mass is 19.1. The molecule has 0 aliphatic heterocycles. The van der Waals surface area contributed by atoms with Crippen molar-refractivity contribution in [1.29, 1.82) is 5.26 Å². The first-order valence-electron chi connectivity index (χ1n) is 5.26. The van der Waals surface area contributed by atoms with Crippen LogP contribution in [0.4, 0.5) is 10.1 Å². The molecule has 0 saturated heterocycles. The van der Waals surface area contributed by atoms with Crippen LogP contribution in [0, 0.1) is 17.1 Å². The predicted molar refractivity (Wildman–Crippen MR) is 65.0 cm³/mol. The molecule has 0 atom stereocenters. The summed E-state index contributed by atoms with van der Waals surface area (Å²) < 4.78 is 12.9. The molecule has 2 aromatic rings. The van der Waals surface area contributed by atoms with Gasteiger partial charge < -0.3 is 10.4 Å². The van der Waals surface area contributed by atoms with Crippen molar-refractivity contribution in [2.75, 3.05) is 5.32 Å². The van der Waals surface area contributed by atoms with Crippen LogP contribution >= 0.6 is 0 Å². The Morgan fingerprint density at radius 3 is 2.89 bits per heavy atom. The van der Waals surface area contributed by atoms with Gasteiger partial charge in [-0.2, -0.15) is 5.26 Å². The van der Waals surface area contributed by atoms with Gasteiger partial charge in [0.05, 0.1) is 23.0 Å². The van der Waals surface area contributed by atoms with Gasteiger partial charge in [0.1, 0.15) is 17.6 Å².